The molecule has 6 heteroatoms. The fraction of sp³-hybridized carbons (Fsp3) is 0.0444. The third kappa shape index (κ3) is 4.51. The number of amidine groups is 1. The first-order valence-electron chi connectivity index (χ1n) is 17.3. The highest BCUT2D eigenvalue weighted by molar-refractivity contribution is 7.26. The predicted octanol–water partition coefficient (Wildman–Crippen LogP) is 11.9. The Hall–Kier alpha value is -5.79. The summed E-state index contributed by atoms with van der Waals surface area (Å²) in [5, 5.41) is 15.3. The molecule has 0 radical (unpaired) electrons. The van der Waals surface area contributed by atoms with Crippen LogP contribution < -0.4 is 10.6 Å². The molecule has 10 aromatic rings. The minimum Gasteiger partial charge on any atom is -0.350 e. The van der Waals surface area contributed by atoms with E-state index < -0.39 is 0 Å². The molecule has 0 saturated heterocycles. The van der Waals surface area contributed by atoms with E-state index in [-0.39, 0.29) is 12.3 Å². The molecule has 3 aromatic heterocycles. The van der Waals surface area contributed by atoms with Gasteiger partial charge in [-0.2, -0.15) is 0 Å². The minimum atomic E-state index is -0.210. The molecule has 0 fully saturated rings. The normalized spacial score (nSPS) is 16.4. The Morgan fingerprint density at radius 2 is 1.22 bits per heavy atom. The SMILES string of the molecule is c1ccc(C2N=C(c3ccc4c(c3)c3ccccc3n4-c3cccc4sc5ccccc5c34)NC(c3cccc4c3sc3ccccc34)N2)cc1. The van der Waals surface area contributed by atoms with E-state index in [1.807, 2.05) is 22.7 Å². The lowest BCUT2D eigenvalue weighted by atomic mass is 10.0. The van der Waals surface area contributed by atoms with Crippen molar-refractivity contribution in [2.24, 2.45) is 4.99 Å². The molecule has 7 aromatic carbocycles. The molecule has 0 spiro atoms. The van der Waals surface area contributed by atoms with Crippen LogP contribution in [0.2, 0.25) is 0 Å². The van der Waals surface area contributed by atoms with Crippen molar-refractivity contribution in [2.75, 3.05) is 0 Å². The number of thiophene rings is 2. The van der Waals surface area contributed by atoms with Gasteiger partial charge in [-0.3, -0.25) is 5.32 Å². The van der Waals surface area contributed by atoms with Crippen molar-refractivity contribution in [3.63, 3.8) is 0 Å². The minimum absolute atomic E-state index is 0.138. The highest BCUT2D eigenvalue weighted by atomic mass is 32.1. The number of fused-ring (bicyclic) bond motifs is 9. The van der Waals surface area contributed by atoms with Crippen molar-refractivity contribution in [1.29, 1.82) is 0 Å². The number of nitrogens with zero attached hydrogens (tertiary/aromatic N) is 2. The summed E-state index contributed by atoms with van der Waals surface area (Å²) in [6.07, 6.45) is -0.348. The number of rotatable bonds is 4. The molecular weight excluding hydrogens is 661 g/mol. The van der Waals surface area contributed by atoms with Gasteiger partial charge in [0.2, 0.25) is 0 Å². The molecule has 242 valence electrons. The number of hydrogen-bond acceptors (Lipinski definition) is 5. The monoisotopic (exact) mass is 690 g/mol. The first-order valence-corrected chi connectivity index (χ1v) is 18.9. The Morgan fingerprint density at radius 3 is 2.10 bits per heavy atom. The summed E-state index contributed by atoms with van der Waals surface area (Å²) < 4.78 is 7.66. The second-order valence-corrected chi connectivity index (χ2v) is 15.3. The van der Waals surface area contributed by atoms with Gasteiger partial charge in [-0.05, 0) is 54.1 Å². The lowest BCUT2D eigenvalue weighted by Crippen LogP contribution is -2.45. The van der Waals surface area contributed by atoms with E-state index in [9.17, 15) is 0 Å². The maximum absolute atomic E-state index is 5.33. The van der Waals surface area contributed by atoms with Crippen molar-refractivity contribution in [2.45, 2.75) is 12.3 Å². The third-order valence-electron chi connectivity index (χ3n) is 10.3. The molecule has 2 N–H and O–H groups in total. The van der Waals surface area contributed by atoms with Crippen molar-refractivity contribution in [3.05, 3.63) is 174 Å². The fourth-order valence-corrected chi connectivity index (χ4v) is 10.4. The van der Waals surface area contributed by atoms with E-state index in [0.717, 1.165) is 17.0 Å². The zero-order valence-electron chi connectivity index (χ0n) is 27.4. The summed E-state index contributed by atoms with van der Waals surface area (Å²) >= 11 is 3.72. The summed E-state index contributed by atoms with van der Waals surface area (Å²) in [6.45, 7) is 0. The third-order valence-corrected chi connectivity index (χ3v) is 12.7. The molecule has 1 aliphatic heterocycles. The molecule has 2 atom stereocenters. The van der Waals surface area contributed by atoms with Gasteiger partial charge in [-0.15, -0.1) is 22.7 Å². The Balaban J connectivity index is 1.09. The van der Waals surface area contributed by atoms with Gasteiger partial charge in [-0.25, -0.2) is 4.99 Å². The van der Waals surface area contributed by atoms with Gasteiger partial charge < -0.3 is 9.88 Å². The maximum atomic E-state index is 5.33. The topological polar surface area (TPSA) is 41.4 Å². The molecule has 0 amide bonds. The number of benzene rings is 7. The summed E-state index contributed by atoms with van der Waals surface area (Å²) in [6, 6.07) is 57.0. The lowest BCUT2D eigenvalue weighted by Gasteiger charge is -2.32. The van der Waals surface area contributed by atoms with Crippen LogP contribution in [-0.4, -0.2) is 10.4 Å². The molecule has 4 heterocycles. The molecule has 0 bridgehead atoms. The zero-order chi connectivity index (χ0) is 33.5. The Labute approximate surface area is 301 Å². The number of aliphatic imine (C=N–C) groups is 1. The number of nitrogens with one attached hydrogen (secondary N) is 2. The van der Waals surface area contributed by atoms with E-state index in [0.29, 0.717) is 0 Å². The predicted molar refractivity (Wildman–Crippen MR) is 218 cm³/mol. The largest absolute Gasteiger partial charge is 0.350 e. The maximum Gasteiger partial charge on any atom is 0.131 e. The smallest absolute Gasteiger partial charge is 0.131 e. The van der Waals surface area contributed by atoms with Crippen LogP contribution in [0.4, 0.5) is 0 Å². The van der Waals surface area contributed by atoms with E-state index in [1.165, 1.54) is 73.4 Å². The first-order chi connectivity index (χ1) is 25.3. The van der Waals surface area contributed by atoms with E-state index in [1.54, 1.807) is 0 Å². The van der Waals surface area contributed by atoms with Gasteiger partial charge in [-0.1, -0.05) is 109 Å². The lowest BCUT2D eigenvalue weighted by molar-refractivity contribution is 0.411. The summed E-state index contributed by atoms with van der Waals surface area (Å²) in [5.74, 6) is 0.885. The first kappa shape index (κ1) is 29.0. The van der Waals surface area contributed by atoms with Crippen LogP contribution in [0.15, 0.2) is 163 Å². The molecule has 1 aliphatic rings. The van der Waals surface area contributed by atoms with Gasteiger partial charge in [0.05, 0.1) is 16.7 Å². The summed E-state index contributed by atoms with van der Waals surface area (Å²) in [7, 11) is 0. The summed E-state index contributed by atoms with van der Waals surface area (Å²) in [5.41, 5.74) is 7.03. The quantitative estimate of drug-likeness (QED) is 0.193. The van der Waals surface area contributed by atoms with Crippen LogP contribution in [0.5, 0.6) is 0 Å². The fourth-order valence-electron chi connectivity index (χ4n) is 7.99. The average molecular weight is 691 g/mol. The van der Waals surface area contributed by atoms with Crippen molar-refractivity contribution in [3.8, 4) is 5.69 Å². The number of hydrogen-bond donors (Lipinski definition) is 2. The number of aromatic nitrogens is 1. The zero-order valence-corrected chi connectivity index (χ0v) is 29.0. The Kier molecular flexibility index (Phi) is 6.46. The van der Waals surface area contributed by atoms with E-state index in [4.69, 9.17) is 4.99 Å². The summed E-state index contributed by atoms with van der Waals surface area (Å²) in [4.78, 5) is 5.33. The van der Waals surface area contributed by atoms with Gasteiger partial charge in [0.25, 0.3) is 0 Å². The standard InChI is InChI=1S/C45H30N4S2/c1-2-12-27(13-3-1)43-46-44(48-45(47-43)33-18-10-17-31-30-15-5-8-21-38(30)51-42(31)33)28-24-25-36-34(26-28)29-14-4-7-19-35(29)49(36)37-20-11-23-40-41(37)32-16-6-9-22-39(32)50-40/h1-26,43,45,47H,(H,46,48). The van der Waals surface area contributed by atoms with Crippen LogP contribution in [0.25, 0.3) is 67.8 Å². The Bertz CT molecular complexity index is 3000. The molecule has 0 saturated carbocycles. The second kappa shape index (κ2) is 11.4. The highest BCUT2D eigenvalue weighted by Gasteiger charge is 2.28. The van der Waals surface area contributed by atoms with E-state index >= 15 is 0 Å². The van der Waals surface area contributed by atoms with Gasteiger partial charge in [0.15, 0.2) is 0 Å². The number of para-hydroxylation sites is 1. The van der Waals surface area contributed by atoms with Crippen molar-refractivity contribution < 1.29 is 0 Å². The molecule has 51 heavy (non-hydrogen) atoms. The molecule has 0 aliphatic carbocycles. The van der Waals surface area contributed by atoms with Crippen molar-refractivity contribution >= 4 is 90.7 Å². The van der Waals surface area contributed by atoms with Gasteiger partial charge in [0, 0.05) is 62.2 Å². The molecule has 4 nitrogen and oxygen atoms in total. The van der Waals surface area contributed by atoms with Crippen molar-refractivity contribution in [1.82, 2.24) is 15.2 Å². The highest BCUT2D eigenvalue weighted by Crippen LogP contribution is 2.42. The Morgan fingerprint density at radius 1 is 0.529 bits per heavy atom. The van der Waals surface area contributed by atoms with Crippen LogP contribution in [0, 0.1) is 0 Å². The van der Waals surface area contributed by atoms with Crippen LogP contribution in [-0.2, 0) is 0 Å². The van der Waals surface area contributed by atoms with Crippen LogP contribution in [0.3, 0.4) is 0 Å². The average Bonchev–Trinajstić information content (AvgIpc) is 3.87. The van der Waals surface area contributed by atoms with Crippen LogP contribution >= 0.6 is 22.7 Å². The molecule has 11 rings (SSSR count). The van der Waals surface area contributed by atoms with Gasteiger partial charge >= 0.3 is 0 Å². The van der Waals surface area contributed by atoms with Crippen LogP contribution in [0.1, 0.15) is 29.0 Å². The molecule has 2 unspecified atom stereocenters. The van der Waals surface area contributed by atoms with Gasteiger partial charge in [0.1, 0.15) is 18.2 Å². The molecular formula is C45H30N4S2. The second-order valence-electron chi connectivity index (χ2n) is 13.2. The van der Waals surface area contributed by atoms with E-state index in [2.05, 4.69) is 173 Å².